The third-order valence-electron chi connectivity index (χ3n) is 3.19. The molecule has 0 bridgehead atoms. The minimum Gasteiger partial charge on any atom is -0.411 e. The Bertz CT molecular complexity index is 563. The fraction of sp³-hybridized carbons (Fsp3) is 0.600. The molecule has 7 nitrogen and oxygen atoms in total. The Morgan fingerprint density at radius 3 is 2.83 bits per heavy atom. The number of piperidine rings is 1. The van der Waals surface area contributed by atoms with Crippen molar-refractivity contribution in [2.75, 3.05) is 13.1 Å². The summed E-state index contributed by atoms with van der Waals surface area (Å²) >= 11 is 0. The van der Waals surface area contributed by atoms with E-state index in [0.717, 1.165) is 0 Å². The molecule has 0 saturated carbocycles. The monoisotopic (exact) mass is 272 g/mol. The topological polar surface area (TPSA) is 98.7 Å². The molecule has 1 aliphatic rings. The predicted octanol–water partition coefficient (Wildman–Crippen LogP) is 0.579. The van der Waals surface area contributed by atoms with Crippen molar-refractivity contribution in [2.45, 2.75) is 25.2 Å². The van der Waals surface area contributed by atoms with E-state index in [1.807, 2.05) is 6.92 Å². The van der Waals surface area contributed by atoms with Crippen LogP contribution < -0.4 is 0 Å². The summed E-state index contributed by atoms with van der Waals surface area (Å²) in [6.45, 7) is 4.18. The van der Waals surface area contributed by atoms with E-state index in [9.17, 15) is 8.42 Å². The van der Waals surface area contributed by atoms with Gasteiger partial charge < -0.3 is 5.21 Å². The molecule has 2 N–H and O–H groups in total. The maximum absolute atomic E-state index is 12.4. The molecule has 0 aromatic carbocycles. The SMILES string of the molecule is Cc1[nH]ncc1S(=O)(=O)N1CCC(=NO)C(C)C1. The highest BCUT2D eigenvalue weighted by atomic mass is 32.2. The first-order valence-electron chi connectivity index (χ1n) is 5.67. The van der Waals surface area contributed by atoms with Crippen LogP contribution in [0.5, 0.6) is 0 Å². The number of aromatic amines is 1. The fourth-order valence-electron chi connectivity index (χ4n) is 2.09. The molecule has 8 heteroatoms. The van der Waals surface area contributed by atoms with Crippen molar-refractivity contribution in [3.05, 3.63) is 11.9 Å². The van der Waals surface area contributed by atoms with Gasteiger partial charge in [0.2, 0.25) is 10.0 Å². The predicted molar refractivity (Wildman–Crippen MR) is 65.1 cm³/mol. The minimum absolute atomic E-state index is 0.0780. The van der Waals surface area contributed by atoms with Gasteiger partial charge in [-0.2, -0.15) is 9.40 Å². The van der Waals surface area contributed by atoms with Crippen LogP contribution in [-0.2, 0) is 10.0 Å². The molecule has 1 aliphatic heterocycles. The molecule has 1 atom stereocenters. The van der Waals surface area contributed by atoms with Crippen LogP contribution in [-0.4, -0.2) is 46.9 Å². The van der Waals surface area contributed by atoms with E-state index < -0.39 is 10.0 Å². The van der Waals surface area contributed by atoms with E-state index in [1.165, 1.54) is 10.5 Å². The Morgan fingerprint density at radius 2 is 2.33 bits per heavy atom. The van der Waals surface area contributed by atoms with Gasteiger partial charge in [-0.3, -0.25) is 5.10 Å². The van der Waals surface area contributed by atoms with Crippen LogP contribution in [0.15, 0.2) is 16.2 Å². The Hall–Kier alpha value is -1.41. The highest BCUT2D eigenvalue weighted by molar-refractivity contribution is 7.89. The average Bonchev–Trinajstić information content (AvgIpc) is 2.76. The van der Waals surface area contributed by atoms with Gasteiger partial charge in [0.05, 0.1) is 17.6 Å². The van der Waals surface area contributed by atoms with Crippen molar-refractivity contribution in [3.8, 4) is 0 Å². The summed E-state index contributed by atoms with van der Waals surface area (Å²) in [5.41, 5.74) is 1.18. The zero-order valence-electron chi connectivity index (χ0n) is 10.3. The summed E-state index contributed by atoms with van der Waals surface area (Å²) in [5, 5.41) is 18.3. The van der Waals surface area contributed by atoms with E-state index in [1.54, 1.807) is 6.92 Å². The van der Waals surface area contributed by atoms with E-state index in [0.29, 0.717) is 30.9 Å². The third kappa shape index (κ3) is 2.13. The van der Waals surface area contributed by atoms with Crippen LogP contribution in [0, 0.1) is 12.8 Å². The smallest absolute Gasteiger partial charge is 0.246 e. The molecule has 1 fully saturated rings. The van der Waals surface area contributed by atoms with Gasteiger partial charge in [0.15, 0.2) is 0 Å². The Labute approximate surface area is 106 Å². The lowest BCUT2D eigenvalue weighted by Gasteiger charge is -2.30. The van der Waals surface area contributed by atoms with Gasteiger partial charge in [-0.1, -0.05) is 12.1 Å². The number of oxime groups is 1. The second-order valence-electron chi connectivity index (χ2n) is 4.46. The molecule has 2 rings (SSSR count). The first-order valence-corrected chi connectivity index (χ1v) is 7.11. The second kappa shape index (κ2) is 4.69. The summed E-state index contributed by atoms with van der Waals surface area (Å²) in [4.78, 5) is 0.207. The molecule has 18 heavy (non-hydrogen) atoms. The Kier molecular flexibility index (Phi) is 3.40. The molecule has 0 radical (unpaired) electrons. The van der Waals surface area contributed by atoms with Crippen molar-refractivity contribution < 1.29 is 13.6 Å². The van der Waals surface area contributed by atoms with Crippen LogP contribution in [0.1, 0.15) is 19.0 Å². The molecule has 0 spiro atoms. The molecule has 0 aliphatic carbocycles. The maximum Gasteiger partial charge on any atom is 0.246 e. The number of nitrogens with zero attached hydrogens (tertiary/aromatic N) is 3. The number of H-pyrrole nitrogens is 1. The summed E-state index contributed by atoms with van der Waals surface area (Å²) in [6.07, 6.45) is 1.78. The van der Waals surface area contributed by atoms with Gasteiger partial charge in [-0.25, -0.2) is 8.42 Å². The fourth-order valence-corrected chi connectivity index (χ4v) is 3.74. The summed E-state index contributed by atoms with van der Waals surface area (Å²) in [6, 6.07) is 0. The van der Waals surface area contributed by atoms with Crippen LogP contribution in [0.25, 0.3) is 0 Å². The number of hydrogen-bond acceptors (Lipinski definition) is 5. The lowest BCUT2D eigenvalue weighted by atomic mass is 10.00. The Morgan fingerprint density at radius 1 is 1.61 bits per heavy atom. The number of hydrogen-bond donors (Lipinski definition) is 2. The highest BCUT2D eigenvalue weighted by Gasteiger charge is 2.33. The zero-order chi connectivity index (χ0) is 13.3. The van der Waals surface area contributed by atoms with Crippen molar-refractivity contribution >= 4 is 15.7 Å². The zero-order valence-corrected chi connectivity index (χ0v) is 11.1. The molecular formula is C10H16N4O3S. The van der Waals surface area contributed by atoms with Gasteiger partial charge in [-0.15, -0.1) is 0 Å². The van der Waals surface area contributed by atoms with Gasteiger partial charge in [-0.05, 0) is 6.92 Å². The number of nitrogens with one attached hydrogen (secondary N) is 1. The molecule has 1 unspecified atom stereocenters. The summed E-state index contributed by atoms with van der Waals surface area (Å²) in [7, 11) is -3.51. The van der Waals surface area contributed by atoms with Gasteiger partial charge in [0.25, 0.3) is 0 Å². The molecule has 2 heterocycles. The largest absolute Gasteiger partial charge is 0.411 e. The number of aromatic nitrogens is 2. The van der Waals surface area contributed by atoms with Crippen LogP contribution >= 0.6 is 0 Å². The summed E-state index contributed by atoms with van der Waals surface area (Å²) in [5.74, 6) is -0.0780. The summed E-state index contributed by atoms with van der Waals surface area (Å²) < 4.78 is 26.2. The van der Waals surface area contributed by atoms with Crippen LogP contribution in [0.2, 0.25) is 0 Å². The molecular weight excluding hydrogens is 256 g/mol. The normalized spacial score (nSPS) is 24.6. The highest BCUT2D eigenvalue weighted by Crippen LogP contribution is 2.23. The van der Waals surface area contributed by atoms with Crippen molar-refractivity contribution in [1.82, 2.24) is 14.5 Å². The van der Waals surface area contributed by atoms with Gasteiger partial charge >= 0.3 is 0 Å². The molecule has 1 aromatic heterocycles. The molecule has 1 saturated heterocycles. The average molecular weight is 272 g/mol. The lowest BCUT2D eigenvalue weighted by Crippen LogP contribution is -2.43. The molecule has 0 amide bonds. The van der Waals surface area contributed by atoms with Crippen molar-refractivity contribution in [1.29, 1.82) is 0 Å². The van der Waals surface area contributed by atoms with E-state index >= 15 is 0 Å². The van der Waals surface area contributed by atoms with Crippen molar-refractivity contribution in [2.24, 2.45) is 11.1 Å². The first kappa shape index (κ1) is 13.0. The number of rotatable bonds is 2. The lowest BCUT2D eigenvalue weighted by molar-refractivity contribution is 0.300. The van der Waals surface area contributed by atoms with Gasteiger partial charge in [0.1, 0.15) is 4.90 Å². The second-order valence-corrected chi connectivity index (χ2v) is 6.37. The number of aryl methyl sites for hydroxylation is 1. The number of sulfonamides is 1. The Balaban J connectivity index is 2.26. The van der Waals surface area contributed by atoms with E-state index in [4.69, 9.17) is 5.21 Å². The molecule has 100 valence electrons. The standard InChI is InChI=1S/C10H16N4O3S/c1-7-6-14(4-3-9(7)13-15)18(16,17)10-5-11-12-8(10)2/h5,7,15H,3-4,6H2,1-2H3,(H,11,12). The van der Waals surface area contributed by atoms with Crippen LogP contribution in [0.3, 0.4) is 0 Å². The van der Waals surface area contributed by atoms with Crippen molar-refractivity contribution in [3.63, 3.8) is 0 Å². The molecule has 1 aromatic rings. The first-order chi connectivity index (χ1) is 8.46. The van der Waals surface area contributed by atoms with Gasteiger partial charge in [0, 0.05) is 25.4 Å². The third-order valence-corrected chi connectivity index (χ3v) is 5.17. The quantitative estimate of drug-likeness (QED) is 0.607. The van der Waals surface area contributed by atoms with E-state index in [2.05, 4.69) is 15.4 Å². The minimum atomic E-state index is -3.51. The maximum atomic E-state index is 12.4. The van der Waals surface area contributed by atoms with E-state index in [-0.39, 0.29) is 10.8 Å². The van der Waals surface area contributed by atoms with Crippen LogP contribution in [0.4, 0.5) is 0 Å².